The van der Waals surface area contributed by atoms with Crippen LogP contribution in [0.3, 0.4) is 0 Å². The average molecular weight is 227 g/mol. The summed E-state index contributed by atoms with van der Waals surface area (Å²) in [4.78, 5) is 0. The molecule has 0 amide bonds. The molecule has 1 aromatic rings. The van der Waals surface area contributed by atoms with E-state index in [1.807, 2.05) is 6.92 Å². The van der Waals surface area contributed by atoms with E-state index < -0.39 is 0 Å². The van der Waals surface area contributed by atoms with Gasteiger partial charge in [0.1, 0.15) is 0 Å². The van der Waals surface area contributed by atoms with E-state index >= 15 is 0 Å². The van der Waals surface area contributed by atoms with Gasteiger partial charge >= 0.3 is 0 Å². The van der Waals surface area contributed by atoms with E-state index in [9.17, 15) is 0 Å². The first-order chi connectivity index (χ1) is 5.13. The highest BCUT2D eigenvalue weighted by Gasteiger charge is 2.08. The molecule has 0 aliphatic heterocycles. The Bertz CT molecular complexity index is 240. The Morgan fingerprint density at radius 2 is 1.67 bits per heavy atom. The number of nitrogens with two attached hydrogens (primary N) is 1. The van der Waals surface area contributed by atoms with Crippen LogP contribution in [-0.2, 0) is 0 Å². The summed E-state index contributed by atoms with van der Waals surface area (Å²) in [5.41, 5.74) is 6.46. The Morgan fingerprint density at radius 3 is 1.92 bits per heavy atom. The summed E-state index contributed by atoms with van der Waals surface area (Å²) in [6, 6.07) is 5.26. The lowest BCUT2D eigenvalue weighted by Crippen LogP contribution is -2.06. The third kappa shape index (κ3) is 2.53. The second kappa shape index (κ2) is 4.93. The molecule has 68 valence electrons. The normalized spacial score (nSPS) is 12.0. The van der Waals surface area contributed by atoms with Gasteiger partial charge in [-0.25, -0.2) is 0 Å². The quantitative estimate of drug-likeness (QED) is 0.780. The van der Waals surface area contributed by atoms with Gasteiger partial charge in [-0.1, -0.05) is 29.3 Å². The molecule has 0 fully saturated rings. The predicted octanol–water partition coefficient (Wildman–Crippen LogP) is 3.43. The van der Waals surface area contributed by atoms with Crippen molar-refractivity contribution in [2.24, 2.45) is 5.73 Å². The Hall–Kier alpha value is 0.0500. The predicted molar refractivity (Wildman–Crippen MR) is 56.3 cm³/mol. The van der Waals surface area contributed by atoms with Gasteiger partial charge in [0.15, 0.2) is 0 Å². The van der Waals surface area contributed by atoms with Crippen LogP contribution in [0.2, 0.25) is 10.0 Å². The fraction of sp³-hybridized carbons (Fsp3) is 0.250. The van der Waals surface area contributed by atoms with E-state index in [2.05, 4.69) is 0 Å². The van der Waals surface area contributed by atoms with Crippen molar-refractivity contribution in [3.63, 3.8) is 0 Å². The molecule has 0 heterocycles. The van der Waals surface area contributed by atoms with E-state index in [4.69, 9.17) is 28.9 Å². The standard InChI is InChI=1S/C8H9Cl2N.ClH/c1-5(11)8-6(9)3-2-4-7(8)10;/h2-5H,11H2,1H3;1H/t5-;/m1./s1. The van der Waals surface area contributed by atoms with Crippen LogP contribution < -0.4 is 5.73 Å². The van der Waals surface area contributed by atoms with Gasteiger partial charge in [-0.3, -0.25) is 0 Å². The third-order valence-corrected chi connectivity index (χ3v) is 2.11. The zero-order valence-electron chi connectivity index (χ0n) is 6.55. The molecule has 0 aromatic heterocycles. The summed E-state index contributed by atoms with van der Waals surface area (Å²) in [6.45, 7) is 1.85. The molecule has 0 saturated heterocycles. The van der Waals surface area contributed by atoms with Crippen molar-refractivity contribution in [3.8, 4) is 0 Å². The first-order valence-corrected chi connectivity index (χ1v) is 4.08. The molecule has 0 radical (unpaired) electrons. The lowest BCUT2D eigenvalue weighted by atomic mass is 10.1. The minimum absolute atomic E-state index is 0. The average Bonchev–Trinajstić information content (AvgIpc) is 1.85. The third-order valence-electron chi connectivity index (χ3n) is 1.46. The highest BCUT2D eigenvalue weighted by molar-refractivity contribution is 6.36. The summed E-state index contributed by atoms with van der Waals surface area (Å²) in [7, 11) is 0. The van der Waals surface area contributed by atoms with Gasteiger partial charge in [0.2, 0.25) is 0 Å². The van der Waals surface area contributed by atoms with Crippen molar-refractivity contribution in [2.45, 2.75) is 13.0 Å². The molecule has 0 spiro atoms. The second-order valence-corrected chi connectivity index (χ2v) is 3.24. The van der Waals surface area contributed by atoms with Gasteiger partial charge < -0.3 is 5.73 Å². The summed E-state index contributed by atoms with van der Waals surface area (Å²) >= 11 is 11.7. The molecule has 1 aromatic carbocycles. The fourth-order valence-corrected chi connectivity index (χ4v) is 1.69. The maximum absolute atomic E-state index is 5.86. The lowest BCUT2D eigenvalue weighted by Gasteiger charge is -2.09. The van der Waals surface area contributed by atoms with Crippen molar-refractivity contribution in [1.82, 2.24) is 0 Å². The van der Waals surface area contributed by atoms with Crippen LogP contribution >= 0.6 is 35.6 Å². The summed E-state index contributed by atoms with van der Waals surface area (Å²) in [5, 5.41) is 1.26. The number of benzene rings is 1. The van der Waals surface area contributed by atoms with Crippen molar-refractivity contribution in [3.05, 3.63) is 33.8 Å². The van der Waals surface area contributed by atoms with Gasteiger partial charge in [0.25, 0.3) is 0 Å². The van der Waals surface area contributed by atoms with E-state index in [1.54, 1.807) is 18.2 Å². The van der Waals surface area contributed by atoms with E-state index in [0.29, 0.717) is 10.0 Å². The molecule has 0 bridgehead atoms. The molecule has 1 rings (SSSR count). The van der Waals surface area contributed by atoms with Crippen molar-refractivity contribution >= 4 is 35.6 Å². The molecule has 0 aliphatic carbocycles. The van der Waals surface area contributed by atoms with E-state index in [-0.39, 0.29) is 18.4 Å². The number of hydrogen-bond acceptors (Lipinski definition) is 1. The Balaban J connectivity index is 0.00000121. The van der Waals surface area contributed by atoms with Crippen molar-refractivity contribution in [1.29, 1.82) is 0 Å². The largest absolute Gasteiger partial charge is 0.324 e. The smallest absolute Gasteiger partial charge is 0.0468 e. The van der Waals surface area contributed by atoms with Crippen molar-refractivity contribution < 1.29 is 0 Å². The van der Waals surface area contributed by atoms with E-state index in [1.165, 1.54) is 0 Å². The van der Waals surface area contributed by atoms with Crippen LogP contribution in [-0.4, -0.2) is 0 Å². The molecule has 1 nitrogen and oxygen atoms in total. The number of halogens is 3. The maximum Gasteiger partial charge on any atom is 0.0468 e. The molecule has 2 N–H and O–H groups in total. The molecule has 0 aliphatic rings. The van der Waals surface area contributed by atoms with Gasteiger partial charge in [-0.2, -0.15) is 0 Å². The van der Waals surface area contributed by atoms with Gasteiger partial charge in [-0.15, -0.1) is 12.4 Å². The van der Waals surface area contributed by atoms with Crippen molar-refractivity contribution in [2.75, 3.05) is 0 Å². The highest BCUT2D eigenvalue weighted by atomic mass is 35.5. The minimum Gasteiger partial charge on any atom is -0.324 e. The molecule has 12 heavy (non-hydrogen) atoms. The van der Waals surface area contributed by atoms with Gasteiger partial charge in [0, 0.05) is 21.7 Å². The van der Waals surface area contributed by atoms with Crippen LogP contribution in [0.5, 0.6) is 0 Å². The Labute approximate surface area is 88.3 Å². The van der Waals surface area contributed by atoms with Crippen LogP contribution in [0.1, 0.15) is 18.5 Å². The molecule has 0 unspecified atom stereocenters. The Kier molecular flexibility index (Phi) is 4.95. The number of rotatable bonds is 1. The van der Waals surface area contributed by atoms with E-state index in [0.717, 1.165) is 5.56 Å². The summed E-state index contributed by atoms with van der Waals surface area (Å²) in [5.74, 6) is 0. The summed E-state index contributed by atoms with van der Waals surface area (Å²) in [6.07, 6.45) is 0. The molecule has 0 saturated carbocycles. The zero-order chi connectivity index (χ0) is 8.43. The zero-order valence-corrected chi connectivity index (χ0v) is 8.88. The van der Waals surface area contributed by atoms with Gasteiger partial charge in [0.05, 0.1) is 0 Å². The fourth-order valence-electron chi connectivity index (χ4n) is 0.946. The van der Waals surface area contributed by atoms with Crippen LogP contribution in [0.15, 0.2) is 18.2 Å². The second-order valence-electron chi connectivity index (χ2n) is 2.42. The molecule has 4 heteroatoms. The first kappa shape index (κ1) is 12.0. The molecular formula is C8H10Cl3N. The topological polar surface area (TPSA) is 26.0 Å². The Morgan fingerprint density at radius 1 is 1.25 bits per heavy atom. The van der Waals surface area contributed by atoms with Crippen LogP contribution in [0, 0.1) is 0 Å². The summed E-state index contributed by atoms with van der Waals surface area (Å²) < 4.78 is 0. The highest BCUT2D eigenvalue weighted by Crippen LogP contribution is 2.28. The minimum atomic E-state index is -0.115. The van der Waals surface area contributed by atoms with Crippen LogP contribution in [0.25, 0.3) is 0 Å². The van der Waals surface area contributed by atoms with Gasteiger partial charge in [-0.05, 0) is 19.1 Å². The number of hydrogen-bond donors (Lipinski definition) is 1. The SMILES string of the molecule is C[C@@H](N)c1c(Cl)cccc1Cl.Cl. The first-order valence-electron chi connectivity index (χ1n) is 3.32. The lowest BCUT2D eigenvalue weighted by molar-refractivity contribution is 0.819. The molecular weight excluding hydrogens is 216 g/mol. The van der Waals surface area contributed by atoms with Crippen LogP contribution in [0.4, 0.5) is 0 Å². The molecule has 1 atom stereocenters. The monoisotopic (exact) mass is 225 g/mol. The maximum atomic E-state index is 5.86.